The smallest absolute Gasteiger partial charge is 0.179 e. The van der Waals surface area contributed by atoms with Crippen molar-refractivity contribution in [2.45, 2.75) is 44.7 Å². The molecule has 1 atom stereocenters. The van der Waals surface area contributed by atoms with Crippen LogP contribution in [-0.2, 0) is 6.54 Å². The summed E-state index contributed by atoms with van der Waals surface area (Å²) in [5.74, 6) is 1.48. The molecule has 1 fully saturated rings. The molecule has 5 heteroatoms. The molecular weight excluding hydrogens is 300 g/mol. The van der Waals surface area contributed by atoms with Gasteiger partial charge in [-0.1, -0.05) is 18.0 Å². The molecule has 0 saturated carbocycles. The first-order valence-electron chi connectivity index (χ1n) is 8.30. The SMILES string of the molecule is NCCC1CCCCN1Cc1cc(Cl)c2c(c1)OCCCO2. The van der Waals surface area contributed by atoms with E-state index in [4.69, 9.17) is 26.8 Å². The van der Waals surface area contributed by atoms with Crippen LogP contribution < -0.4 is 15.2 Å². The van der Waals surface area contributed by atoms with Crippen LogP contribution in [0.4, 0.5) is 0 Å². The number of ether oxygens (including phenoxy) is 2. The number of nitrogens with two attached hydrogens (primary N) is 1. The summed E-state index contributed by atoms with van der Waals surface area (Å²) in [6, 6.07) is 4.69. The minimum absolute atomic E-state index is 0.591. The number of hydrogen-bond acceptors (Lipinski definition) is 4. The largest absolute Gasteiger partial charge is 0.489 e. The maximum absolute atomic E-state index is 6.39. The van der Waals surface area contributed by atoms with Gasteiger partial charge in [-0.25, -0.2) is 0 Å². The fourth-order valence-corrected chi connectivity index (χ4v) is 3.69. The highest BCUT2D eigenvalue weighted by atomic mass is 35.5. The fourth-order valence-electron chi connectivity index (χ4n) is 3.40. The molecule has 22 heavy (non-hydrogen) atoms. The summed E-state index contributed by atoms with van der Waals surface area (Å²) in [7, 11) is 0. The second-order valence-corrected chi connectivity index (χ2v) is 6.56. The normalized spacial score (nSPS) is 22.4. The highest BCUT2D eigenvalue weighted by Gasteiger charge is 2.23. The molecule has 0 spiro atoms. The lowest BCUT2D eigenvalue weighted by molar-refractivity contribution is 0.134. The second kappa shape index (κ2) is 7.53. The van der Waals surface area contributed by atoms with Crippen molar-refractivity contribution in [3.05, 3.63) is 22.7 Å². The van der Waals surface area contributed by atoms with E-state index in [1.165, 1.54) is 24.8 Å². The van der Waals surface area contributed by atoms with Crippen LogP contribution >= 0.6 is 11.6 Å². The topological polar surface area (TPSA) is 47.7 Å². The predicted molar refractivity (Wildman–Crippen MR) is 88.8 cm³/mol. The van der Waals surface area contributed by atoms with Crippen molar-refractivity contribution in [3.8, 4) is 11.5 Å². The van der Waals surface area contributed by atoms with E-state index in [1.54, 1.807) is 0 Å². The van der Waals surface area contributed by atoms with Gasteiger partial charge in [-0.2, -0.15) is 0 Å². The summed E-state index contributed by atoms with van der Waals surface area (Å²) in [5.41, 5.74) is 6.96. The first kappa shape index (κ1) is 15.9. The lowest BCUT2D eigenvalue weighted by Gasteiger charge is -2.35. The third-order valence-corrected chi connectivity index (χ3v) is 4.78. The van der Waals surface area contributed by atoms with Crippen molar-refractivity contribution in [2.24, 2.45) is 5.73 Å². The Bertz CT molecular complexity index is 508. The van der Waals surface area contributed by atoms with Crippen molar-refractivity contribution >= 4 is 11.6 Å². The Balaban J connectivity index is 1.76. The van der Waals surface area contributed by atoms with Crippen molar-refractivity contribution < 1.29 is 9.47 Å². The van der Waals surface area contributed by atoms with Crippen LogP contribution in [0.25, 0.3) is 0 Å². The third-order valence-electron chi connectivity index (χ3n) is 4.50. The van der Waals surface area contributed by atoms with Crippen LogP contribution in [0.3, 0.4) is 0 Å². The zero-order valence-electron chi connectivity index (χ0n) is 13.0. The molecule has 1 saturated heterocycles. The molecule has 1 unspecified atom stereocenters. The molecule has 1 aromatic rings. The molecule has 2 heterocycles. The Morgan fingerprint density at radius 2 is 2.05 bits per heavy atom. The van der Waals surface area contributed by atoms with Crippen molar-refractivity contribution in [1.29, 1.82) is 0 Å². The number of hydrogen-bond donors (Lipinski definition) is 1. The van der Waals surface area contributed by atoms with Gasteiger partial charge in [0.2, 0.25) is 0 Å². The summed E-state index contributed by atoms with van der Waals surface area (Å²) in [6.07, 6.45) is 5.78. The lowest BCUT2D eigenvalue weighted by atomic mass is 9.98. The monoisotopic (exact) mass is 324 g/mol. The summed E-state index contributed by atoms with van der Waals surface area (Å²) in [5, 5.41) is 0.654. The number of rotatable bonds is 4. The van der Waals surface area contributed by atoms with E-state index in [2.05, 4.69) is 11.0 Å². The van der Waals surface area contributed by atoms with Crippen LogP contribution in [0, 0.1) is 0 Å². The molecule has 2 aliphatic rings. The van der Waals surface area contributed by atoms with Gasteiger partial charge in [0.1, 0.15) is 0 Å². The molecule has 1 aromatic carbocycles. The molecule has 2 aliphatic heterocycles. The van der Waals surface area contributed by atoms with Crippen molar-refractivity contribution in [3.63, 3.8) is 0 Å². The van der Waals surface area contributed by atoms with Crippen LogP contribution in [0.5, 0.6) is 11.5 Å². The van der Waals surface area contributed by atoms with E-state index in [-0.39, 0.29) is 0 Å². The maximum Gasteiger partial charge on any atom is 0.179 e. The van der Waals surface area contributed by atoms with Gasteiger partial charge in [0.15, 0.2) is 11.5 Å². The van der Waals surface area contributed by atoms with E-state index in [0.29, 0.717) is 30.0 Å². The molecule has 0 aromatic heterocycles. The predicted octanol–water partition coefficient (Wildman–Crippen LogP) is 3.20. The van der Waals surface area contributed by atoms with E-state index in [9.17, 15) is 0 Å². The van der Waals surface area contributed by atoms with Gasteiger partial charge in [0, 0.05) is 19.0 Å². The Hall–Kier alpha value is -0.970. The number of nitrogens with zero attached hydrogens (tertiary/aromatic N) is 1. The number of benzene rings is 1. The first-order chi connectivity index (χ1) is 10.8. The van der Waals surface area contributed by atoms with Gasteiger partial charge in [0.25, 0.3) is 0 Å². The minimum Gasteiger partial charge on any atom is -0.489 e. The van der Waals surface area contributed by atoms with Gasteiger partial charge in [-0.05, 0) is 50.0 Å². The Morgan fingerprint density at radius 3 is 2.91 bits per heavy atom. The van der Waals surface area contributed by atoms with E-state index in [1.807, 2.05) is 6.07 Å². The minimum atomic E-state index is 0.591. The zero-order valence-corrected chi connectivity index (χ0v) is 13.8. The van der Waals surface area contributed by atoms with E-state index in [0.717, 1.165) is 38.2 Å². The molecule has 4 nitrogen and oxygen atoms in total. The van der Waals surface area contributed by atoms with Gasteiger partial charge in [-0.3, -0.25) is 4.90 Å². The average Bonchev–Trinajstić information content (AvgIpc) is 2.75. The van der Waals surface area contributed by atoms with Crippen LogP contribution in [-0.4, -0.2) is 37.2 Å². The van der Waals surface area contributed by atoms with Crippen molar-refractivity contribution in [2.75, 3.05) is 26.3 Å². The molecule has 2 N–H and O–H groups in total. The van der Waals surface area contributed by atoms with Gasteiger partial charge in [0.05, 0.1) is 18.2 Å². The summed E-state index contributed by atoms with van der Waals surface area (Å²) in [4.78, 5) is 2.53. The highest BCUT2D eigenvalue weighted by molar-refractivity contribution is 6.32. The first-order valence-corrected chi connectivity index (χ1v) is 8.68. The van der Waals surface area contributed by atoms with Gasteiger partial charge >= 0.3 is 0 Å². The molecule has 0 aliphatic carbocycles. The Labute approximate surface area is 137 Å². The van der Waals surface area contributed by atoms with Crippen LogP contribution in [0.15, 0.2) is 12.1 Å². The van der Waals surface area contributed by atoms with Crippen molar-refractivity contribution in [1.82, 2.24) is 4.90 Å². The van der Waals surface area contributed by atoms with Gasteiger partial charge < -0.3 is 15.2 Å². The molecule has 0 bridgehead atoms. The zero-order chi connectivity index (χ0) is 15.4. The lowest BCUT2D eigenvalue weighted by Crippen LogP contribution is -2.40. The van der Waals surface area contributed by atoms with E-state index < -0.39 is 0 Å². The van der Waals surface area contributed by atoms with Crippen LogP contribution in [0.1, 0.15) is 37.7 Å². The number of likely N-dealkylation sites (tertiary alicyclic amines) is 1. The summed E-state index contributed by atoms with van der Waals surface area (Å²) in [6.45, 7) is 4.14. The third kappa shape index (κ3) is 3.67. The summed E-state index contributed by atoms with van der Waals surface area (Å²) >= 11 is 6.39. The average molecular weight is 325 g/mol. The number of piperidine rings is 1. The molecule has 0 radical (unpaired) electrons. The summed E-state index contributed by atoms with van der Waals surface area (Å²) < 4.78 is 11.5. The fraction of sp³-hybridized carbons (Fsp3) is 0.647. The van der Waals surface area contributed by atoms with Gasteiger partial charge in [-0.15, -0.1) is 0 Å². The number of fused-ring (bicyclic) bond motifs is 1. The Morgan fingerprint density at radius 1 is 1.18 bits per heavy atom. The quantitative estimate of drug-likeness (QED) is 0.924. The number of halogens is 1. The molecule has 122 valence electrons. The highest BCUT2D eigenvalue weighted by Crippen LogP contribution is 2.38. The van der Waals surface area contributed by atoms with E-state index >= 15 is 0 Å². The Kier molecular flexibility index (Phi) is 5.45. The maximum atomic E-state index is 6.39. The second-order valence-electron chi connectivity index (χ2n) is 6.15. The molecule has 0 amide bonds. The molecular formula is C17H25ClN2O2. The molecule has 3 rings (SSSR count). The van der Waals surface area contributed by atoms with Crippen LogP contribution in [0.2, 0.25) is 5.02 Å². The standard InChI is InChI=1S/C17H25ClN2O2/c18-15-10-13(11-16-17(15)22-9-3-8-21-16)12-20-7-2-1-4-14(20)5-6-19/h10-11,14H,1-9,12,19H2.